The van der Waals surface area contributed by atoms with Crippen LogP contribution in [0.5, 0.6) is 5.75 Å². The molecule has 37 heavy (non-hydrogen) atoms. The molecule has 2 aliphatic rings. The van der Waals surface area contributed by atoms with Crippen LogP contribution in [0.3, 0.4) is 0 Å². The Labute approximate surface area is 212 Å². The fourth-order valence-corrected chi connectivity index (χ4v) is 4.39. The van der Waals surface area contributed by atoms with Crippen LogP contribution in [-0.2, 0) is 21.0 Å². The van der Waals surface area contributed by atoms with Gasteiger partial charge < -0.3 is 20.3 Å². The van der Waals surface area contributed by atoms with Crippen molar-refractivity contribution in [2.75, 3.05) is 18.4 Å². The number of nitrogens with one attached hydrogen (secondary N) is 3. The molecule has 2 amide bonds. The maximum atomic E-state index is 13.1. The molecule has 1 aromatic carbocycles. The first-order chi connectivity index (χ1) is 17.6. The largest absolute Gasteiger partial charge is 0.486 e. The van der Waals surface area contributed by atoms with E-state index in [-0.39, 0.29) is 43.2 Å². The van der Waals surface area contributed by atoms with Crippen LogP contribution >= 0.6 is 0 Å². The highest BCUT2D eigenvalue weighted by atomic mass is 19.3. The van der Waals surface area contributed by atoms with Crippen LogP contribution in [0, 0.1) is 5.41 Å². The molecule has 2 heterocycles. The summed E-state index contributed by atoms with van der Waals surface area (Å²) in [4.78, 5) is 47.1. The molecule has 10 nitrogen and oxygen atoms in total. The van der Waals surface area contributed by atoms with Gasteiger partial charge >= 0.3 is 0 Å². The molecule has 0 bridgehead atoms. The fourth-order valence-electron chi connectivity index (χ4n) is 4.39. The van der Waals surface area contributed by atoms with Gasteiger partial charge in [-0.2, -0.15) is 0 Å². The minimum absolute atomic E-state index is 0.0931. The Kier molecular flexibility index (Phi) is 7.74. The molecule has 2 fully saturated rings. The third kappa shape index (κ3) is 6.43. The van der Waals surface area contributed by atoms with Gasteiger partial charge in [0.05, 0.1) is 6.54 Å². The fraction of sp³-hybridized carbons (Fsp3) is 0.440. The average Bonchev–Trinajstić information content (AvgIpc) is 3.35. The van der Waals surface area contributed by atoms with E-state index in [9.17, 15) is 23.2 Å². The van der Waals surface area contributed by atoms with Crippen molar-refractivity contribution in [2.24, 2.45) is 0 Å². The molecule has 4 rings (SSSR count). The minimum atomic E-state index is -2.74. The maximum Gasteiger partial charge on any atom is 0.252 e. The van der Waals surface area contributed by atoms with Crippen LogP contribution in [-0.4, -0.2) is 69.3 Å². The standard InChI is InChI=1S/C25H28F2N6O4/c1-15(34)23(28)18-10-17(37-14-21-29-7-3-8-30-21)5-6-19(18)31-13-22(35)33-9-2-4-20(33)24(36)32-16-11-25(26,27)12-16/h3,5-8,10,16,20,28,31H,2,4,9,11-14H2,1H3,(H,32,36)/t20-/m0/s1. The lowest BCUT2D eigenvalue weighted by molar-refractivity contribution is -0.140. The molecule has 1 atom stereocenters. The molecule has 0 radical (unpaired) electrons. The Morgan fingerprint density at radius 1 is 1.22 bits per heavy atom. The van der Waals surface area contributed by atoms with Crippen molar-refractivity contribution >= 4 is 29.0 Å². The van der Waals surface area contributed by atoms with Gasteiger partial charge in [-0.05, 0) is 37.1 Å². The molecule has 2 aromatic rings. The Morgan fingerprint density at radius 3 is 2.62 bits per heavy atom. The number of halogens is 2. The maximum absolute atomic E-state index is 13.1. The van der Waals surface area contributed by atoms with Gasteiger partial charge in [0.15, 0.2) is 11.6 Å². The highest BCUT2D eigenvalue weighted by molar-refractivity contribution is 6.45. The molecule has 12 heteroatoms. The lowest BCUT2D eigenvalue weighted by atomic mass is 9.88. The summed E-state index contributed by atoms with van der Waals surface area (Å²) >= 11 is 0. The number of hydrogen-bond donors (Lipinski definition) is 3. The van der Waals surface area contributed by atoms with E-state index in [2.05, 4.69) is 20.6 Å². The van der Waals surface area contributed by atoms with Gasteiger partial charge in [0.2, 0.25) is 11.8 Å². The van der Waals surface area contributed by atoms with E-state index < -0.39 is 29.7 Å². The minimum Gasteiger partial charge on any atom is -0.486 e. The zero-order valence-corrected chi connectivity index (χ0v) is 20.3. The van der Waals surface area contributed by atoms with Gasteiger partial charge in [0.1, 0.15) is 24.1 Å². The number of hydrogen-bond acceptors (Lipinski definition) is 8. The number of rotatable bonds is 10. The molecular formula is C25H28F2N6O4. The predicted molar refractivity (Wildman–Crippen MR) is 130 cm³/mol. The van der Waals surface area contributed by atoms with E-state index >= 15 is 0 Å². The van der Waals surface area contributed by atoms with Crippen molar-refractivity contribution in [2.45, 2.75) is 57.2 Å². The predicted octanol–water partition coefficient (Wildman–Crippen LogP) is 2.33. The van der Waals surface area contributed by atoms with Crippen LogP contribution in [0.1, 0.15) is 44.0 Å². The van der Waals surface area contributed by atoms with Gasteiger partial charge in [-0.25, -0.2) is 18.7 Å². The molecule has 1 aromatic heterocycles. The number of anilines is 1. The van der Waals surface area contributed by atoms with E-state index in [1.807, 2.05) is 0 Å². The molecule has 0 spiro atoms. The summed E-state index contributed by atoms with van der Waals surface area (Å²) in [5.41, 5.74) is 0.384. The summed E-state index contributed by atoms with van der Waals surface area (Å²) in [5, 5.41) is 13.8. The Balaban J connectivity index is 1.39. The summed E-state index contributed by atoms with van der Waals surface area (Å²) in [6.45, 7) is 1.56. The van der Waals surface area contributed by atoms with Gasteiger partial charge in [-0.1, -0.05) is 0 Å². The van der Waals surface area contributed by atoms with Crippen molar-refractivity contribution < 1.29 is 27.9 Å². The number of carbonyl (C=O) groups is 3. The first-order valence-corrected chi connectivity index (χ1v) is 12.0. The lowest BCUT2D eigenvalue weighted by Gasteiger charge is -2.36. The molecule has 1 aliphatic heterocycles. The van der Waals surface area contributed by atoms with Gasteiger partial charge in [0, 0.05) is 56.0 Å². The van der Waals surface area contributed by atoms with E-state index in [4.69, 9.17) is 10.1 Å². The molecule has 1 saturated carbocycles. The summed E-state index contributed by atoms with van der Waals surface area (Å²) in [6, 6.07) is 5.16. The van der Waals surface area contributed by atoms with E-state index in [1.165, 1.54) is 17.9 Å². The van der Waals surface area contributed by atoms with E-state index in [0.717, 1.165) is 0 Å². The Morgan fingerprint density at radius 2 is 1.95 bits per heavy atom. The van der Waals surface area contributed by atoms with E-state index in [1.54, 1.807) is 30.6 Å². The lowest BCUT2D eigenvalue weighted by Crippen LogP contribution is -2.55. The summed E-state index contributed by atoms with van der Waals surface area (Å²) in [5.74, 6) is -3.12. The number of alkyl halides is 2. The quantitative estimate of drug-likeness (QED) is 0.414. The van der Waals surface area contributed by atoms with Crippen LogP contribution in [0.2, 0.25) is 0 Å². The number of ketones is 1. The van der Waals surface area contributed by atoms with E-state index in [0.29, 0.717) is 36.6 Å². The first kappa shape index (κ1) is 26.1. The summed E-state index contributed by atoms with van der Waals surface area (Å²) < 4.78 is 31.9. The van der Waals surface area contributed by atoms with Gasteiger partial charge in [0.25, 0.3) is 5.92 Å². The van der Waals surface area contributed by atoms with Crippen LogP contribution in [0.25, 0.3) is 0 Å². The zero-order chi connectivity index (χ0) is 26.6. The summed E-state index contributed by atoms with van der Waals surface area (Å²) in [7, 11) is 0. The van der Waals surface area contributed by atoms with Crippen molar-refractivity contribution in [1.29, 1.82) is 5.41 Å². The number of ether oxygens (including phenoxy) is 1. The summed E-state index contributed by atoms with van der Waals surface area (Å²) in [6.07, 6.45) is 3.49. The second kappa shape index (κ2) is 11.0. The monoisotopic (exact) mass is 514 g/mol. The third-order valence-electron chi connectivity index (χ3n) is 6.34. The number of amides is 2. The van der Waals surface area contributed by atoms with Crippen LogP contribution in [0.15, 0.2) is 36.7 Å². The zero-order valence-electron chi connectivity index (χ0n) is 20.3. The number of nitrogens with zero attached hydrogens (tertiary/aromatic N) is 3. The normalized spacial score (nSPS) is 18.6. The highest BCUT2D eigenvalue weighted by Gasteiger charge is 2.47. The van der Waals surface area contributed by atoms with Crippen molar-refractivity contribution in [1.82, 2.24) is 20.2 Å². The molecule has 1 saturated heterocycles. The molecule has 3 N–H and O–H groups in total. The van der Waals surface area contributed by atoms with Crippen molar-refractivity contribution in [3.05, 3.63) is 48.0 Å². The average molecular weight is 515 g/mol. The topological polar surface area (TPSA) is 137 Å². The Hall–Kier alpha value is -3.96. The smallest absolute Gasteiger partial charge is 0.252 e. The first-order valence-electron chi connectivity index (χ1n) is 12.0. The van der Waals surface area contributed by atoms with Crippen molar-refractivity contribution in [3.8, 4) is 5.75 Å². The van der Waals surface area contributed by atoms with Crippen molar-refractivity contribution in [3.63, 3.8) is 0 Å². The molecule has 196 valence electrons. The van der Waals surface area contributed by atoms with Gasteiger partial charge in [-0.3, -0.25) is 19.8 Å². The number of Topliss-reactive ketones (excluding diaryl/α,β-unsaturated/α-hetero) is 1. The van der Waals surface area contributed by atoms with Crippen LogP contribution < -0.4 is 15.4 Å². The second-order valence-corrected chi connectivity index (χ2v) is 9.16. The number of benzene rings is 1. The molecule has 0 unspecified atom stereocenters. The molecular weight excluding hydrogens is 486 g/mol. The Bertz CT molecular complexity index is 1180. The SMILES string of the molecule is CC(=O)C(=N)c1cc(OCc2ncccn2)ccc1NCC(=O)N1CCC[C@H]1C(=O)NC1CC(F)(F)C1. The number of likely N-dealkylation sites (tertiary alicyclic amines) is 1. The second-order valence-electron chi connectivity index (χ2n) is 9.16. The van der Waals surface area contributed by atoms with Gasteiger partial charge in [-0.15, -0.1) is 0 Å². The highest BCUT2D eigenvalue weighted by Crippen LogP contribution is 2.37. The third-order valence-corrected chi connectivity index (χ3v) is 6.34. The molecule has 1 aliphatic carbocycles. The van der Waals surface area contributed by atoms with Crippen LogP contribution in [0.4, 0.5) is 14.5 Å². The number of aromatic nitrogens is 2. The number of carbonyl (C=O) groups excluding carboxylic acids is 3.